The second-order valence-electron chi connectivity index (χ2n) is 12.2. The molecule has 12 heteroatoms. The average molecular weight is 599 g/mol. The van der Waals surface area contributed by atoms with Gasteiger partial charge in [0, 0.05) is 45.6 Å². The van der Waals surface area contributed by atoms with Gasteiger partial charge in [0.1, 0.15) is 12.1 Å². The van der Waals surface area contributed by atoms with Crippen molar-refractivity contribution in [2.45, 2.75) is 71.7 Å². The van der Waals surface area contributed by atoms with Crippen LogP contribution in [-0.4, -0.2) is 88.5 Å². The lowest BCUT2D eigenvalue weighted by atomic mass is 9.84. The number of urea groups is 1. The number of aliphatic hydroxyl groups is 1. The molecule has 0 unspecified atom stereocenters. The number of rotatable bonds is 7. The number of thiazole rings is 1. The third-order valence-corrected chi connectivity index (χ3v) is 9.04. The molecule has 228 valence electrons. The van der Waals surface area contributed by atoms with Crippen LogP contribution in [0.25, 0.3) is 10.4 Å². The average Bonchev–Trinajstić information content (AvgIpc) is 3.58. The quantitative estimate of drug-likeness (QED) is 0.385. The third kappa shape index (κ3) is 7.27. The third-order valence-electron chi connectivity index (χ3n) is 8.06. The Bertz CT molecular complexity index is 1280. The Kier molecular flexibility index (Phi) is 9.88. The van der Waals surface area contributed by atoms with Crippen LogP contribution >= 0.6 is 11.3 Å². The summed E-state index contributed by atoms with van der Waals surface area (Å²) in [4.78, 5) is 60.8. The molecule has 0 aliphatic carbocycles. The van der Waals surface area contributed by atoms with Gasteiger partial charge in [-0.3, -0.25) is 14.4 Å². The number of β-amino-alcohol motifs (C(OH)–C–C–N with tert-alkyl or cyclic N) is 1. The first-order chi connectivity index (χ1) is 19.9. The maximum atomic E-state index is 13.9. The van der Waals surface area contributed by atoms with Gasteiger partial charge in [-0.25, -0.2) is 9.78 Å². The minimum absolute atomic E-state index is 0.0206. The van der Waals surface area contributed by atoms with E-state index < -0.39 is 23.6 Å². The lowest BCUT2D eigenvalue weighted by molar-refractivity contribution is -0.144. The molecule has 3 atom stereocenters. The van der Waals surface area contributed by atoms with Gasteiger partial charge in [-0.15, -0.1) is 11.3 Å². The molecule has 2 saturated heterocycles. The molecular formula is C30H42N6O5S. The number of likely N-dealkylation sites (tertiary alicyclic amines) is 2. The first-order valence-electron chi connectivity index (χ1n) is 14.4. The van der Waals surface area contributed by atoms with Crippen LogP contribution in [0.3, 0.4) is 0 Å². The number of nitrogens with one attached hydrogen (secondary N) is 3. The van der Waals surface area contributed by atoms with Gasteiger partial charge >= 0.3 is 6.03 Å². The minimum atomic E-state index is -0.884. The molecule has 11 nitrogen and oxygen atoms in total. The summed E-state index contributed by atoms with van der Waals surface area (Å²) in [6.07, 6.45) is 0.298. The molecule has 0 radical (unpaired) electrons. The van der Waals surface area contributed by atoms with Gasteiger partial charge < -0.3 is 30.9 Å². The second-order valence-corrected chi connectivity index (χ2v) is 13.1. The summed E-state index contributed by atoms with van der Waals surface area (Å²) in [5.41, 5.74) is 4.13. The van der Waals surface area contributed by atoms with Crippen molar-refractivity contribution in [3.8, 4) is 10.4 Å². The lowest BCUT2D eigenvalue weighted by Crippen LogP contribution is -2.59. The van der Waals surface area contributed by atoms with Gasteiger partial charge in [-0.2, -0.15) is 0 Å². The maximum absolute atomic E-state index is 13.9. The zero-order valence-corrected chi connectivity index (χ0v) is 25.8. The van der Waals surface area contributed by atoms with Crippen molar-refractivity contribution in [3.63, 3.8) is 0 Å². The minimum Gasteiger partial charge on any atom is -0.391 e. The van der Waals surface area contributed by atoms with Crippen molar-refractivity contribution >= 4 is 35.1 Å². The smallest absolute Gasteiger partial charge is 0.317 e. The number of aryl methyl sites for hydroxylation is 1. The number of hydrogen-bond donors (Lipinski definition) is 4. The summed E-state index contributed by atoms with van der Waals surface area (Å²) in [7, 11) is 1.58. The standard InChI is InChI=1S/C30H42N6O5S/c1-18-24(42-17-33-18)20-8-6-19(7-9-20)15-32-27(39)23-14-22(37)16-36(23)28(40)25(30(2,3)4)34-26(38)21-10-12-35(13-11-21)29(41)31-5/h6-9,17,21-23,25,37H,10-16H2,1-5H3,(H,31,41)(H,32,39)(H,34,38)/t22-,23+,25-/m1/s1. The van der Waals surface area contributed by atoms with Gasteiger partial charge in [0.15, 0.2) is 0 Å². The highest BCUT2D eigenvalue weighted by Gasteiger charge is 2.45. The fourth-order valence-corrected chi connectivity index (χ4v) is 6.35. The summed E-state index contributed by atoms with van der Waals surface area (Å²) in [6, 6.07) is 5.99. The largest absolute Gasteiger partial charge is 0.391 e. The van der Waals surface area contributed by atoms with Gasteiger partial charge in [0.05, 0.1) is 22.2 Å². The monoisotopic (exact) mass is 598 g/mol. The highest BCUT2D eigenvalue weighted by atomic mass is 32.1. The number of hydrogen-bond acceptors (Lipinski definition) is 7. The molecule has 4 rings (SSSR count). The number of amides is 5. The van der Waals surface area contributed by atoms with E-state index in [0.29, 0.717) is 25.9 Å². The molecule has 2 aliphatic rings. The maximum Gasteiger partial charge on any atom is 0.317 e. The number of benzene rings is 1. The summed E-state index contributed by atoms with van der Waals surface area (Å²) in [6.45, 7) is 8.78. The number of piperidine rings is 1. The fourth-order valence-electron chi connectivity index (χ4n) is 5.54. The molecule has 3 heterocycles. The van der Waals surface area contributed by atoms with E-state index in [2.05, 4.69) is 20.9 Å². The lowest BCUT2D eigenvalue weighted by Gasteiger charge is -2.37. The Morgan fingerprint density at radius 2 is 1.76 bits per heavy atom. The first kappa shape index (κ1) is 31.4. The van der Waals surface area contributed by atoms with E-state index in [0.717, 1.165) is 21.7 Å². The van der Waals surface area contributed by atoms with Gasteiger partial charge in [0.25, 0.3) is 0 Å². The van der Waals surface area contributed by atoms with Gasteiger partial charge in [0.2, 0.25) is 17.7 Å². The summed E-state index contributed by atoms with van der Waals surface area (Å²) in [5.74, 6) is -1.29. The molecular weight excluding hydrogens is 556 g/mol. The molecule has 0 bridgehead atoms. The molecule has 2 aliphatic heterocycles. The van der Waals surface area contributed by atoms with Crippen LogP contribution in [-0.2, 0) is 20.9 Å². The SMILES string of the molecule is CNC(=O)N1CCC(C(=O)N[C@H](C(=O)N2C[C@H](O)C[C@H]2C(=O)NCc2ccc(-c3scnc3C)cc2)C(C)(C)C)CC1. The van der Waals surface area contributed by atoms with Crippen LogP contribution in [0.15, 0.2) is 29.8 Å². The van der Waals surface area contributed by atoms with Crippen LogP contribution in [0.1, 0.15) is 51.3 Å². The van der Waals surface area contributed by atoms with Gasteiger partial charge in [-0.05, 0) is 36.3 Å². The van der Waals surface area contributed by atoms with E-state index >= 15 is 0 Å². The first-order valence-corrected chi connectivity index (χ1v) is 15.3. The Hall–Kier alpha value is -3.51. The Balaban J connectivity index is 1.38. The molecule has 0 spiro atoms. The summed E-state index contributed by atoms with van der Waals surface area (Å²) >= 11 is 1.58. The second kappa shape index (κ2) is 13.2. The topological polar surface area (TPSA) is 144 Å². The molecule has 2 fully saturated rings. The van der Waals surface area contributed by atoms with Crippen LogP contribution in [0.5, 0.6) is 0 Å². The summed E-state index contributed by atoms with van der Waals surface area (Å²) in [5, 5.41) is 18.9. The molecule has 4 N–H and O–H groups in total. The molecule has 0 saturated carbocycles. The van der Waals surface area contributed by atoms with Crippen molar-refractivity contribution < 1.29 is 24.3 Å². The summed E-state index contributed by atoms with van der Waals surface area (Å²) < 4.78 is 0. The highest BCUT2D eigenvalue weighted by Crippen LogP contribution is 2.29. The van der Waals surface area contributed by atoms with Crippen molar-refractivity contribution in [1.29, 1.82) is 0 Å². The predicted octanol–water partition coefficient (Wildman–Crippen LogP) is 2.28. The predicted molar refractivity (Wildman–Crippen MR) is 160 cm³/mol. The van der Waals surface area contributed by atoms with E-state index in [9.17, 15) is 24.3 Å². The van der Waals surface area contributed by atoms with Crippen LogP contribution in [0, 0.1) is 18.3 Å². The van der Waals surface area contributed by atoms with Crippen molar-refractivity contribution in [1.82, 2.24) is 30.7 Å². The van der Waals surface area contributed by atoms with Crippen LogP contribution in [0.2, 0.25) is 0 Å². The molecule has 1 aromatic heterocycles. The number of aliphatic hydroxyl groups excluding tert-OH is 1. The number of aromatic nitrogens is 1. The molecule has 1 aromatic carbocycles. The number of carbonyl (C=O) groups is 4. The normalized spacial score (nSPS) is 20.2. The van der Waals surface area contributed by atoms with E-state index in [1.54, 1.807) is 23.3 Å². The van der Waals surface area contributed by atoms with Crippen molar-refractivity contribution in [2.24, 2.45) is 11.3 Å². The number of nitrogens with zero attached hydrogens (tertiary/aromatic N) is 3. The highest BCUT2D eigenvalue weighted by molar-refractivity contribution is 7.13. The molecule has 5 amide bonds. The molecule has 42 heavy (non-hydrogen) atoms. The van der Waals surface area contributed by atoms with Gasteiger partial charge in [-0.1, -0.05) is 45.0 Å². The van der Waals surface area contributed by atoms with E-state index in [-0.39, 0.29) is 49.2 Å². The van der Waals surface area contributed by atoms with E-state index in [1.807, 2.05) is 57.5 Å². The Labute approximate surface area is 251 Å². The van der Waals surface area contributed by atoms with Crippen LogP contribution < -0.4 is 16.0 Å². The zero-order valence-electron chi connectivity index (χ0n) is 25.0. The fraction of sp³-hybridized carbons (Fsp3) is 0.567. The van der Waals surface area contributed by atoms with E-state index in [4.69, 9.17) is 0 Å². The zero-order chi connectivity index (χ0) is 30.6. The molecule has 2 aromatic rings. The number of carbonyl (C=O) groups excluding carboxylic acids is 4. The Morgan fingerprint density at radius 1 is 1.10 bits per heavy atom. The van der Waals surface area contributed by atoms with E-state index in [1.165, 1.54) is 4.90 Å². The Morgan fingerprint density at radius 3 is 2.33 bits per heavy atom. The van der Waals surface area contributed by atoms with Crippen molar-refractivity contribution in [2.75, 3.05) is 26.7 Å². The van der Waals surface area contributed by atoms with Crippen LogP contribution in [0.4, 0.5) is 4.79 Å². The van der Waals surface area contributed by atoms with Crippen molar-refractivity contribution in [3.05, 3.63) is 41.0 Å².